The zero-order valence-electron chi connectivity index (χ0n) is 9.07. The van der Waals surface area contributed by atoms with E-state index in [-0.39, 0.29) is 10.7 Å². The van der Waals surface area contributed by atoms with Crippen LogP contribution in [0.25, 0.3) is 11.5 Å². The maximum Gasteiger partial charge on any atom is 0.348 e. The van der Waals surface area contributed by atoms with E-state index in [1.165, 1.54) is 10.7 Å². The number of aromatic nitrogens is 5. The van der Waals surface area contributed by atoms with E-state index in [0.717, 1.165) is 0 Å². The van der Waals surface area contributed by atoms with Crippen LogP contribution in [0.3, 0.4) is 0 Å². The highest BCUT2D eigenvalue weighted by atomic mass is 32.1. The Morgan fingerprint density at radius 3 is 3.11 bits per heavy atom. The SMILES string of the molecule is NC(=S)c1cccn1-c1cc2n[nH]c(=O)n2cn1. The van der Waals surface area contributed by atoms with Crippen LogP contribution in [-0.4, -0.2) is 29.1 Å². The number of H-pyrrole nitrogens is 1. The zero-order valence-corrected chi connectivity index (χ0v) is 9.89. The van der Waals surface area contributed by atoms with E-state index >= 15 is 0 Å². The van der Waals surface area contributed by atoms with Crippen LogP contribution >= 0.6 is 12.2 Å². The van der Waals surface area contributed by atoms with Crippen LogP contribution in [0.5, 0.6) is 0 Å². The first-order valence-electron chi connectivity index (χ1n) is 5.07. The van der Waals surface area contributed by atoms with E-state index in [4.69, 9.17) is 18.0 Å². The van der Waals surface area contributed by atoms with E-state index in [1.54, 1.807) is 22.9 Å². The Hall–Kier alpha value is -2.48. The predicted octanol–water partition coefficient (Wildman–Crippen LogP) is -0.158. The second-order valence-corrected chi connectivity index (χ2v) is 4.07. The van der Waals surface area contributed by atoms with Gasteiger partial charge in [-0.3, -0.25) is 4.57 Å². The fourth-order valence-corrected chi connectivity index (χ4v) is 1.88. The van der Waals surface area contributed by atoms with Gasteiger partial charge < -0.3 is 5.73 Å². The summed E-state index contributed by atoms with van der Waals surface area (Å²) in [7, 11) is 0. The number of nitrogens with one attached hydrogen (secondary N) is 1. The van der Waals surface area contributed by atoms with Crippen molar-refractivity contribution in [1.82, 2.24) is 24.1 Å². The second-order valence-electron chi connectivity index (χ2n) is 3.63. The van der Waals surface area contributed by atoms with Crippen molar-refractivity contribution in [3.8, 4) is 5.82 Å². The van der Waals surface area contributed by atoms with Crippen molar-refractivity contribution in [3.05, 3.63) is 46.9 Å². The molecule has 3 heterocycles. The van der Waals surface area contributed by atoms with Crippen molar-refractivity contribution in [1.29, 1.82) is 0 Å². The average Bonchev–Trinajstić information content (AvgIpc) is 2.96. The number of hydrogen-bond donors (Lipinski definition) is 2. The Morgan fingerprint density at radius 1 is 1.50 bits per heavy atom. The maximum atomic E-state index is 11.3. The number of fused-ring (bicyclic) bond motifs is 1. The predicted molar refractivity (Wildman–Crippen MR) is 68.8 cm³/mol. The lowest BCUT2D eigenvalue weighted by atomic mass is 10.4. The summed E-state index contributed by atoms with van der Waals surface area (Å²) in [6.45, 7) is 0. The minimum absolute atomic E-state index is 0.279. The molecule has 3 rings (SSSR count). The Balaban J connectivity index is 2.22. The van der Waals surface area contributed by atoms with Crippen molar-refractivity contribution in [2.75, 3.05) is 0 Å². The highest BCUT2D eigenvalue weighted by Gasteiger charge is 2.08. The Kier molecular flexibility index (Phi) is 2.23. The number of nitrogens with zero attached hydrogens (tertiary/aromatic N) is 4. The summed E-state index contributed by atoms with van der Waals surface area (Å²) < 4.78 is 3.05. The summed E-state index contributed by atoms with van der Waals surface area (Å²) in [6.07, 6.45) is 3.19. The molecule has 0 aliphatic heterocycles. The van der Waals surface area contributed by atoms with Crippen LogP contribution in [0.15, 0.2) is 35.5 Å². The van der Waals surface area contributed by atoms with Gasteiger partial charge in [-0.2, -0.15) is 5.10 Å². The molecule has 0 aromatic carbocycles. The van der Waals surface area contributed by atoms with Crippen LogP contribution in [0.4, 0.5) is 0 Å². The average molecular weight is 260 g/mol. The maximum absolute atomic E-state index is 11.3. The first kappa shape index (κ1) is 10.7. The minimum atomic E-state index is -0.328. The summed E-state index contributed by atoms with van der Waals surface area (Å²) in [4.78, 5) is 15.8. The summed E-state index contributed by atoms with van der Waals surface area (Å²) >= 11 is 4.96. The topological polar surface area (TPSA) is 94.0 Å². The van der Waals surface area contributed by atoms with E-state index in [2.05, 4.69) is 15.2 Å². The third-order valence-electron chi connectivity index (χ3n) is 2.54. The molecule has 0 saturated heterocycles. The van der Waals surface area contributed by atoms with Crippen LogP contribution in [0, 0.1) is 0 Å². The lowest BCUT2D eigenvalue weighted by Gasteiger charge is -2.06. The highest BCUT2D eigenvalue weighted by molar-refractivity contribution is 7.80. The van der Waals surface area contributed by atoms with Gasteiger partial charge in [0, 0.05) is 12.3 Å². The third-order valence-corrected chi connectivity index (χ3v) is 2.75. The smallest absolute Gasteiger partial charge is 0.348 e. The molecule has 0 atom stereocenters. The van der Waals surface area contributed by atoms with Crippen molar-refractivity contribution in [2.45, 2.75) is 0 Å². The van der Waals surface area contributed by atoms with Crippen LogP contribution in [0.1, 0.15) is 5.69 Å². The molecule has 18 heavy (non-hydrogen) atoms. The van der Waals surface area contributed by atoms with Gasteiger partial charge in [0.2, 0.25) is 0 Å². The summed E-state index contributed by atoms with van der Waals surface area (Å²) in [6, 6.07) is 5.28. The standard InChI is InChI=1S/C10H8N6OS/c11-9(18)6-2-1-3-15(6)7-4-8-13-14-10(17)16(8)5-12-7/h1-5H,(H2,11,18)(H,14,17). The van der Waals surface area contributed by atoms with Crippen LogP contribution < -0.4 is 11.4 Å². The molecule has 8 heteroatoms. The lowest BCUT2D eigenvalue weighted by molar-refractivity contribution is 0.943. The molecule has 0 aliphatic rings. The summed E-state index contributed by atoms with van der Waals surface area (Å²) in [5, 5.41) is 6.22. The monoisotopic (exact) mass is 260 g/mol. The summed E-state index contributed by atoms with van der Waals surface area (Å²) in [5.41, 5.74) is 6.45. The Bertz CT molecular complexity index is 798. The fraction of sp³-hybridized carbons (Fsp3) is 0. The lowest BCUT2D eigenvalue weighted by Crippen LogP contribution is -2.15. The minimum Gasteiger partial charge on any atom is -0.388 e. The normalized spacial score (nSPS) is 10.9. The summed E-state index contributed by atoms with van der Waals surface area (Å²) in [5.74, 6) is 0.592. The zero-order chi connectivity index (χ0) is 12.7. The van der Waals surface area contributed by atoms with E-state index in [0.29, 0.717) is 17.2 Å². The second kappa shape index (κ2) is 3.77. The molecule has 7 nitrogen and oxygen atoms in total. The number of hydrogen-bond acceptors (Lipinski definition) is 4. The molecule has 0 bridgehead atoms. The molecule has 0 unspecified atom stereocenters. The van der Waals surface area contributed by atoms with Gasteiger partial charge in [0.1, 0.15) is 17.1 Å². The van der Waals surface area contributed by atoms with Crippen molar-refractivity contribution in [2.24, 2.45) is 5.73 Å². The van der Waals surface area contributed by atoms with Crippen molar-refractivity contribution >= 4 is 22.9 Å². The van der Waals surface area contributed by atoms with Gasteiger partial charge in [-0.25, -0.2) is 19.3 Å². The van der Waals surface area contributed by atoms with Gasteiger partial charge >= 0.3 is 5.69 Å². The third kappa shape index (κ3) is 1.51. The molecule has 0 spiro atoms. The molecule has 90 valence electrons. The number of aromatic amines is 1. The van der Waals surface area contributed by atoms with E-state index in [1.807, 2.05) is 6.07 Å². The largest absolute Gasteiger partial charge is 0.388 e. The molecule has 0 fully saturated rings. The first-order chi connectivity index (χ1) is 8.66. The molecule has 3 N–H and O–H groups in total. The van der Waals surface area contributed by atoms with Crippen LogP contribution in [0.2, 0.25) is 0 Å². The van der Waals surface area contributed by atoms with Crippen molar-refractivity contribution < 1.29 is 0 Å². The molecule has 3 aromatic rings. The van der Waals surface area contributed by atoms with E-state index < -0.39 is 0 Å². The van der Waals surface area contributed by atoms with Crippen molar-refractivity contribution in [3.63, 3.8) is 0 Å². The van der Waals surface area contributed by atoms with Gasteiger partial charge in [-0.05, 0) is 12.1 Å². The molecule has 0 saturated carbocycles. The van der Waals surface area contributed by atoms with Gasteiger partial charge in [-0.15, -0.1) is 0 Å². The van der Waals surface area contributed by atoms with Crippen LogP contribution in [-0.2, 0) is 0 Å². The highest BCUT2D eigenvalue weighted by Crippen LogP contribution is 2.11. The molecule has 3 aromatic heterocycles. The van der Waals surface area contributed by atoms with Gasteiger partial charge in [0.15, 0.2) is 5.65 Å². The Morgan fingerprint density at radius 2 is 2.33 bits per heavy atom. The molecular weight excluding hydrogens is 252 g/mol. The van der Waals surface area contributed by atoms with E-state index in [9.17, 15) is 4.79 Å². The molecule has 0 aliphatic carbocycles. The Labute approximate surface area is 106 Å². The quantitative estimate of drug-likeness (QED) is 0.624. The van der Waals surface area contributed by atoms with Gasteiger partial charge in [0.05, 0.1) is 5.69 Å². The number of thiocarbonyl (C=S) groups is 1. The molecular formula is C10H8N6OS. The molecule has 0 amide bonds. The van der Waals surface area contributed by atoms with Gasteiger partial charge in [-0.1, -0.05) is 12.2 Å². The number of nitrogens with two attached hydrogens (primary N) is 1. The first-order valence-corrected chi connectivity index (χ1v) is 5.48. The fourth-order valence-electron chi connectivity index (χ4n) is 1.71. The van der Waals surface area contributed by atoms with Gasteiger partial charge in [0.25, 0.3) is 0 Å². The molecule has 0 radical (unpaired) electrons. The number of rotatable bonds is 2.